The molecule has 0 radical (unpaired) electrons. The number of benzene rings is 1. The highest BCUT2D eigenvalue weighted by Gasteiger charge is 2.33. The minimum Gasteiger partial charge on any atom is -0.379 e. The molecule has 0 spiro atoms. The number of nitrogens with one attached hydrogen (secondary N) is 4. The number of hydrazine groups is 1. The largest absolute Gasteiger partial charge is 0.379 e. The molecule has 4 aliphatic heterocycles. The lowest BCUT2D eigenvalue weighted by Crippen LogP contribution is -2.50. The van der Waals surface area contributed by atoms with Gasteiger partial charge < -0.3 is 30.6 Å². The molecule has 0 aliphatic carbocycles. The smallest absolute Gasteiger partial charge is 0.251 e. The molecule has 5 rings (SSSR count). The van der Waals surface area contributed by atoms with E-state index in [1.807, 2.05) is 13.0 Å². The van der Waals surface area contributed by atoms with Gasteiger partial charge in [-0.05, 0) is 81.0 Å². The lowest BCUT2D eigenvalue weighted by Gasteiger charge is -2.35. The first-order chi connectivity index (χ1) is 19.8. The van der Waals surface area contributed by atoms with Gasteiger partial charge in [-0.3, -0.25) is 14.5 Å². The fourth-order valence-corrected chi connectivity index (χ4v) is 6.72. The highest BCUT2D eigenvalue weighted by atomic mass is 16.5. The summed E-state index contributed by atoms with van der Waals surface area (Å²) in [5, 5.41) is 11.8. The van der Waals surface area contributed by atoms with E-state index in [-0.39, 0.29) is 29.7 Å². The Balaban J connectivity index is 1.35. The predicted octanol–water partition coefficient (Wildman–Crippen LogP) is 1.57. The maximum absolute atomic E-state index is 13.7. The van der Waals surface area contributed by atoms with Crippen molar-refractivity contribution in [2.45, 2.75) is 52.1 Å². The number of piperidine rings is 2. The normalized spacial score (nSPS) is 26.0. The first kappa shape index (κ1) is 29.8. The van der Waals surface area contributed by atoms with Gasteiger partial charge in [0.15, 0.2) is 0 Å². The van der Waals surface area contributed by atoms with E-state index in [4.69, 9.17) is 4.74 Å². The van der Waals surface area contributed by atoms with Gasteiger partial charge in [-0.15, -0.1) is 0 Å². The second-order valence-electron chi connectivity index (χ2n) is 12.3. The Morgan fingerprint density at radius 3 is 2.63 bits per heavy atom. The molecule has 0 aromatic heterocycles. The van der Waals surface area contributed by atoms with Crippen LogP contribution in [0, 0.1) is 18.8 Å². The summed E-state index contributed by atoms with van der Waals surface area (Å²) in [6, 6.07) is 4.90. The van der Waals surface area contributed by atoms with Gasteiger partial charge >= 0.3 is 0 Å². The van der Waals surface area contributed by atoms with E-state index in [0.717, 1.165) is 95.1 Å². The van der Waals surface area contributed by atoms with Crippen LogP contribution in [0.3, 0.4) is 0 Å². The topological polar surface area (TPSA) is 101 Å². The standard InChI is InChI=1S/C31H49N7O3/c1-21-15-22(2)35-31(40)28(21)19-33-30(39)27-16-24(17-29(23(27)3)36(4)26-5-7-32-8-6-26)25-18-34-38(20-25)10-9-37-11-13-41-14-12-37/h16-17,20-22,26,28,32,34H,5-15,18-19H2,1-4H3,(H,33,39)(H,35,40). The molecule has 3 atom stereocenters. The van der Waals surface area contributed by atoms with Crippen molar-refractivity contribution >= 4 is 23.1 Å². The number of hydrogen-bond acceptors (Lipinski definition) is 8. The number of anilines is 1. The van der Waals surface area contributed by atoms with Gasteiger partial charge in [0.05, 0.1) is 19.1 Å². The molecule has 3 unspecified atom stereocenters. The predicted molar refractivity (Wildman–Crippen MR) is 163 cm³/mol. The molecule has 1 aromatic carbocycles. The third kappa shape index (κ3) is 7.23. The number of ether oxygens (including phenoxy) is 1. The zero-order chi connectivity index (χ0) is 28.9. The van der Waals surface area contributed by atoms with Crippen LogP contribution in [0.25, 0.3) is 5.57 Å². The third-order valence-corrected chi connectivity index (χ3v) is 9.40. The van der Waals surface area contributed by atoms with Crippen LogP contribution in [0.1, 0.15) is 54.6 Å². The molecule has 0 bridgehead atoms. The molecule has 4 N–H and O–H groups in total. The fourth-order valence-electron chi connectivity index (χ4n) is 6.72. The van der Waals surface area contributed by atoms with Crippen LogP contribution in [0.2, 0.25) is 0 Å². The van der Waals surface area contributed by atoms with E-state index >= 15 is 0 Å². The number of nitrogens with zero attached hydrogens (tertiary/aromatic N) is 3. The molecule has 41 heavy (non-hydrogen) atoms. The molecule has 10 nitrogen and oxygen atoms in total. The van der Waals surface area contributed by atoms with Crippen LogP contribution < -0.4 is 26.3 Å². The van der Waals surface area contributed by atoms with E-state index in [2.05, 4.69) is 69.3 Å². The van der Waals surface area contributed by atoms with Crippen LogP contribution in [-0.2, 0) is 9.53 Å². The molecular formula is C31H49N7O3. The maximum Gasteiger partial charge on any atom is 0.251 e. The quantitative estimate of drug-likeness (QED) is 0.357. The number of morpholine rings is 1. The number of rotatable bonds is 9. The second-order valence-corrected chi connectivity index (χ2v) is 12.3. The van der Waals surface area contributed by atoms with Gasteiger partial charge in [0.1, 0.15) is 0 Å². The molecule has 1 aromatic rings. The van der Waals surface area contributed by atoms with Crippen LogP contribution in [0.4, 0.5) is 5.69 Å². The Hall–Kier alpha value is -2.66. The minimum atomic E-state index is -0.211. The summed E-state index contributed by atoms with van der Waals surface area (Å²) >= 11 is 0. The van der Waals surface area contributed by atoms with E-state index < -0.39 is 0 Å². The Labute approximate surface area is 245 Å². The average Bonchev–Trinajstić information content (AvgIpc) is 3.45. The van der Waals surface area contributed by atoms with Crippen LogP contribution in [0.15, 0.2) is 18.3 Å². The van der Waals surface area contributed by atoms with Gasteiger partial charge in [-0.2, -0.15) is 0 Å². The Morgan fingerprint density at radius 2 is 1.90 bits per heavy atom. The molecule has 3 saturated heterocycles. The molecule has 226 valence electrons. The van der Waals surface area contributed by atoms with Gasteiger partial charge in [0.2, 0.25) is 5.91 Å². The van der Waals surface area contributed by atoms with E-state index in [9.17, 15) is 9.59 Å². The number of amides is 2. The number of carbonyl (C=O) groups excluding carboxylic acids is 2. The van der Waals surface area contributed by atoms with Crippen LogP contribution >= 0.6 is 0 Å². The van der Waals surface area contributed by atoms with Crippen molar-refractivity contribution in [3.63, 3.8) is 0 Å². The Kier molecular flexibility index (Phi) is 9.85. The highest BCUT2D eigenvalue weighted by Crippen LogP contribution is 2.32. The molecule has 4 aliphatic rings. The first-order valence-corrected chi connectivity index (χ1v) is 15.5. The van der Waals surface area contributed by atoms with Gasteiger partial charge in [-0.1, -0.05) is 6.92 Å². The third-order valence-electron chi connectivity index (χ3n) is 9.40. The zero-order valence-electron chi connectivity index (χ0n) is 25.3. The second kappa shape index (κ2) is 13.5. The Morgan fingerprint density at radius 1 is 1.15 bits per heavy atom. The van der Waals surface area contributed by atoms with E-state index in [1.165, 1.54) is 5.57 Å². The van der Waals surface area contributed by atoms with Crippen LogP contribution in [0.5, 0.6) is 0 Å². The van der Waals surface area contributed by atoms with Crippen molar-refractivity contribution in [2.24, 2.45) is 11.8 Å². The molecule has 2 amide bonds. The summed E-state index contributed by atoms with van der Waals surface area (Å²) < 4.78 is 5.48. The SMILES string of the molecule is Cc1c(C(=O)NCC2C(=O)NC(C)CC2C)cc(C2=CN(CCN3CCOCC3)NC2)cc1N(C)C1CCNCC1. The summed E-state index contributed by atoms with van der Waals surface area (Å²) in [5.41, 5.74) is 8.53. The fraction of sp³-hybridized carbons (Fsp3) is 0.677. The molecular weight excluding hydrogens is 518 g/mol. The van der Waals surface area contributed by atoms with Crippen molar-refractivity contribution in [2.75, 3.05) is 77.5 Å². The van der Waals surface area contributed by atoms with E-state index in [1.54, 1.807) is 0 Å². The van der Waals surface area contributed by atoms with E-state index in [0.29, 0.717) is 18.2 Å². The van der Waals surface area contributed by atoms with Gasteiger partial charge in [-0.25, -0.2) is 5.43 Å². The summed E-state index contributed by atoms with van der Waals surface area (Å²) in [6.45, 7) is 14.7. The van der Waals surface area contributed by atoms with Crippen molar-refractivity contribution in [3.05, 3.63) is 35.0 Å². The highest BCUT2D eigenvalue weighted by molar-refractivity contribution is 5.98. The van der Waals surface area contributed by atoms with Crippen molar-refractivity contribution in [1.29, 1.82) is 0 Å². The van der Waals surface area contributed by atoms with Crippen molar-refractivity contribution in [3.8, 4) is 0 Å². The van der Waals surface area contributed by atoms with Crippen LogP contribution in [-0.4, -0.2) is 106 Å². The lowest BCUT2D eigenvalue weighted by molar-refractivity contribution is -0.129. The summed E-state index contributed by atoms with van der Waals surface area (Å²) in [5.74, 6) is -0.0603. The van der Waals surface area contributed by atoms with Gasteiger partial charge in [0.25, 0.3) is 5.91 Å². The average molecular weight is 568 g/mol. The first-order valence-electron chi connectivity index (χ1n) is 15.5. The minimum absolute atomic E-state index is 0.0349. The monoisotopic (exact) mass is 567 g/mol. The molecule has 0 saturated carbocycles. The van der Waals surface area contributed by atoms with Crippen molar-refractivity contribution < 1.29 is 14.3 Å². The zero-order valence-corrected chi connectivity index (χ0v) is 25.3. The maximum atomic E-state index is 13.7. The molecule has 4 heterocycles. The Bertz CT molecular complexity index is 1110. The lowest BCUT2D eigenvalue weighted by atomic mass is 9.84. The molecule has 3 fully saturated rings. The van der Waals surface area contributed by atoms with Crippen molar-refractivity contribution in [1.82, 2.24) is 31.3 Å². The van der Waals surface area contributed by atoms with Gasteiger partial charge in [0, 0.05) is 75.9 Å². The number of hydrogen-bond donors (Lipinski definition) is 4. The number of carbonyl (C=O) groups is 2. The molecule has 10 heteroatoms. The summed E-state index contributed by atoms with van der Waals surface area (Å²) in [6.07, 6.45) is 5.27. The summed E-state index contributed by atoms with van der Waals surface area (Å²) in [7, 11) is 2.16. The summed E-state index contributed by atoms with van der Waals surface area (Å²) in [4.78, 5) is 31.2.